The molecule has 0 aliphatic carbocycles. The summed E-state index contributed by atoms with van der Waals surface area (Å²) in [7, 11) is 0. The molecule has 2 aromatic rings. The van der Waals surface area contributed by atoms with Gasteiger partial charge in [-0.25, -0.2) is 4.79 Å². The molecule has 3 heterocycles. The van der Waals surface area contributed by atoms with Gasteiger partial charge in [-0.05, 0) is 24.6 Å². The minimum absolute atomic E-state index is 0.0370. The molecule has 0 saturated carbocycles. The zero-order valence-electron chi connectivity index (χ0n) is 15.2. The molecule has 152 valence electrons. The maximum atomic E-state index is 13.0. The van der Waals surface area contributed by atoms with E-state index in [-0.39, 0.29) is 28.4 Å². The van der Waals surface area contributed by atoms with Crippen molar-refractivity contribution in [2.75, 3.05) is 0 Å². The molecule has 0 spiro atoms. The number of nitro groups is 1. The summed E-state index contributed by atoms with van der Waals surface area (Å²) >= 11 is 4.91. The van der Waals surface area contributed by atoms with Crippen molar-refractivity contribution in [2.45, 2.75) is 41.1 Å². The lowest BCUT2D eigenvalue weighted by molar-refractivity contribution is -0.384. The van der Waals surface area contributed by atoms with Crippen molar-refractivity contribution < 1.29 is 19.2 Å². The number of ether oxygens (including phenoxy) is 1. The summed E-state index contributed by atoms with van der Waals surface area (Å²) in [5, 5.41) is 18.4. The second-order valence-corrected chi connectivity index (χ2v) is 9.64. The van der Waals surface area contributed by atoms with Crippen molar-refractivity contribution in [2.24, 2.45) is 0 Å². The molecule has 12 heteroatoms. The van der Waals surface area contributed by atoms with Gasteiger partial charge in [0.05, 0.1) is 22.4 Å². The van der Waals surface area contributed by atoms with Gasteiger partial charge in [0.2, 0.25) is 5.91 Å². The molecule has 29 heavy (non-hydrogen) atoms. The first kappa shape index (κ1) is 19.8. The third kappa shape index (κ3) is 3.50. The molecule has 0 N–H and O–H groups in total. The molecule has 2 aliphatic heterocycles. The van der Waals surface area contributed by atoms with Crippen LogP contribution in [0.1, 0.15) is 12.5 Å². The fourth-order valence-electron chi connectivity index (χ4n) is 3.55. The minimum atomic E-state index is -0.777. The highest BCUT2D eigenvalue weighted by atomic mass is 79.9. The second-order valence-electron chi connectivity index (χ2n) is 7.00. The number of halogens is 1. The maximum absolute atomic E-state index is 13.0. The molecule has 1 aromatic carbocycles. The Balaban J connectivity index is 1.50. The van der Waals surface area contributed by atoms with Crippen LogP contribution in [-0.2, 0) is 27.5 Å². The lowest BCUT2D eigenvalue weighted by atomic mass is 9.96. The summed E-state index contributed by atoms with van der Waals surface area (Å²) in [5.74, 6) is -0.671. The van der Waals surface area contributed by atoms with Crippen LogP contribution < -0.4 is 0 Å². The molecule has 2 saturated heterocycles. The van der Waals surface area contributed by atoms with Crippen LogP contribution in [0.2, 0.25) is 0 Å². The van der Waals surface area contributed by atoms with Crippen molar-refractivity contribution in [3.05, 3.63) is 52.3 Å². The van der Waals surface area contributed by atoms with E-state index >= 15 is 0 Å². The zero-order valence-corrected chi connectivity index (χ0v) is 17.6. The van der Waals surface area contributed by atoms with Gasteiger partial charge < -0.3 is 9.64 Å². The zero-order chi connectivity index (χ0) is 20.8. The van der Waals surface area contributed by atoms with Crippen molar-refractivity contribution in [3.63, 3.8) is 0 Å². The fraction of sp³-hybridized carbons (Fsp3) is 0.412. The number of fused-ring (bicyclic) bond motifs is 1. The van der Waals surface area contributed by atoms with E-state index in [1.54, 1.807) is 22.0 Å². The molecule has 1 amide bonds. The van der Waals surface area contributed by atoms with E-state index in [9.17, 15) is 19.7 Å². The first-order valence-corrected chi connectivity index (χ1v) is 10.5. The normalized spacial score (nSPS) is 28.0. The number of hydrogen-bond donors (Lipinski definition) is 0. The SMILES string of the molecule is CC1(Cn2ccnn2)SC2C(Br)C(=O)N2C1C(=O)OCc1ccc([N+](=O)[O-])cc1. The number of thioether (sulfide) groups is 1. The monoisotopic (exact) mass is 481 g/mol. The molecular formula is C17H16BrN5O5S. The second kappa shape index (κ2) is 7.41. The number of aromatic nitrogens is 3. The number of nitro benzene ring substituents is 1. The molecule has 0 bridgehead atoms. The Bertz CT molecular complexity index is 956. The molecule has 10 nitrogen and oxygen atoms in total. The summed E-state index contributed by atoms with van der Waals surface area (Å²) in [5.41, 5.74) is 0.586. The summed E-state index contributed by atoms with van der Waals surface area (Å²) in [6.07, 6.45) is 3.26. The van der Waals surface area contributed by atoms with Crippen LogP contribution in [0.5, 0.6) is 0 Å². The number of carbonyl (C=O) groups is 2. The van der Waals surface area contributed by atoms with Gasteiger partial charge in [-0.15, -0.1) is 16.9 Å². The van der Waals surface area contributed by atoms with Crippen LogP contribution in [0.4, 0.5) is 5.69 Å². The van der Waals surface area contributed by atoms with E-state index in [0.717, 1.165) is 0 Å². The van der Waals surface area contributed by atoms with Crippen molar-refractivity contribution in [3.8, 4) is 0 Å². The van der Waals surface area contributed by atoms with Gasteiger partial charge in [0.25, 0.3) is 5.69 Å². The number of non-ortho nitro benzene ring substituents is 1. The lowest BCUT2D eigenvalue weighted by Crippen LogP contribution is -2.64. The van der Waals surface area contributed by atoms with Gasteiger partial charge in [-0.3, -0.25) is 19.6 Å². The number of carbonyl (C=O) groups excluding carboxylic acids is 2. The van der Waals surface area contributed by atoms with Gasteiger partial charge in [0.1, 0.15) is 22.8 Å². The maximum Gasteiger partial charge on any atom is 0.330 e. The van der Waals surface area contributed by atoms with Crippen molar-refractivity contribution >= 4 is 45.3 Å². The minimum Gasteiger partial charge on any atom is -0.459 e. The van der Waals surface area contributed by atoms with Crippen molar-refractivity contribution in [1.82, 2.24) is 19.9 Å². The van der Waals surface area contributed by atoms with Gasteiger partial charge >= 0.3 is 5.97 Å². The summed E-state index contributed by atoms with van der Waals surface area (Å²) in [4.78, 5) is 36.8. The number of hydrogen-bond acceptors (Lipinski definition) is 8. The smallest absolute Gasteiger partial charge is 0.330 e. The molecule has 2 aliphatic rings. The predicted octanol–water partition coefficient (Wildman–Crippen LogP) is 1.74. The molecule has 4 atom stereocenters. The van der Waals surface area contributed by atoms with E-state index < -0.39 is 21.7 Å². The number of esters is 1. The number of amides is 1. The Hall–Kier alpha value is -2.47. The van der Waals surface area contributed by atoms with E-state index in [2.05, 4.69) is 26.2 Å². The van der Waals surface area contributed by atoms with Crippen LogP contribution in [0.15, 0.2) is 36.7 Å². The average molecular weight is 482 g/mol. The fourth-order valence-corrected chi connectivity index (χ4v) is 6.03. The number of benzene rings is 1. The molecule has 4 unspecified atom stereocenters. The van der Waals surface area contributed by atoms with Gasteiger partial charge in [0.15, 0.2) is 0 Å². The highest BCUT2D eigenvalue weighted by Gasteiger charge is 2.65. The molecule has 1 aromatic heterocycles. The highest BCUT2D eigenvalue weighted by Crippen LogP contribution is 2.53. The van der Waals surface area contributed by atoms with Crippen LogP contribution in [0.3, 0.4) is 0 Å². The van der Waals surface area contributed by atoms with E-state index in [0.29, 0.717) is 12.1 Å². The summed E-state index contributed by atoms with van der Waals surface area (Å²) in [6, 6.07) is 5.01. The molecular weight excluding hydrogens is 466 g/mol. The Morgan fingerprint density at radius 2 is 2.14 bits per heavy atom. The standard InChI is InChI=1S/C17H16BrN5O5S/c1-17(9-21-7-6-19-20-21)13(22-14(24)12(18)15(22)29-17)16(25)28-8-10-2-4-11(5-3-10)23(26)27/h2-7,12-13,15H,8-9H2,1H3. The first-order valence-electron chi connectivity index (χ1n) is 8.68. The van der Waals surface area contributed by atoms with Crippen LogP contribution >= 0.6 is 27.7 Å². The van der Waals surface area contributed by atoms with Crippen molar-refractivity contribution in [1.29, 1.82) is 0 Å². The highest BCUT2D eigenvalue weighted by molar-refractivity contribution is 9.10. The third-order valence-corrected chi connectivity index (χ3v) is 7.83. The van der Waals surface area contributed by atoms with Gasteiger partial charge in [-0.1, -0.05) is 21.1 Å². The Morgan fingerprint density at radius 3 is 2.76 bits per heavy atom. The Kier molecular flexibility index (Phi) is 5.07. The number of β-lactam (4-membered cyclic amide) rings is 1. The largest absolute Gasteiger partial charge is 0.459 e. The quantitative estimate of drug-likeness (QED) is 0.201. The third-order valence-electron chi connectivity index (χ3n) is 4.96. The van der Waals surface area contributed by atoms with Gasteiger partial charge in [0, 0.05) is 18.3 Å². The predicted molar refractivity (Wildman–Crippen MR) is 106 cm³/mol. The van der Waals surface area contributed by atoms with E-state index in [1.807, 2.05) is 6.92 Å². The number of alkyl halides is 1. The summed E-state index contributed by atoms with van der Waals surface area (Å²) in [6.45, 7) is 2.25. The average Bonchev–Trinajstić information content (AvgIpc) is 3.30. The van der Waals surface area contributed by atoms with Crippen LogP contribution in [0.25, 0.3) is 0 Å². The topological polar surface area (TPSA) is 120 Å². The number of rotatable bonds is 6. The molecule has 0 radical (unpaired) electrons. The van der Waals surface area contributed by atoms with E-state index in [1.165, 1.54) is 36.0 Å². The summed E-state index contributed by atoms with van der Waals surface area (Å²) < 4.78 is 6.47. The Morgan fingerprint density at radius 1 is 1.41 bits per heavy atom. The Labute approximate surface area is 177 Å². The van der Waals surface area contributed by atoms with Crippen LogP contribution in [0, 0.1) is 10.1 Å². The number of nitrogens with zero attached hydrogens (tertiary/aromatic N) is 5. The molecule has 2 fully saturated rings. The van der Waals surface area contributed by atoms with Crippen LogP contribution in [-0.4, -0.2) is 57.7 Å². The van der Waals surface area contributed by atoms with E-state index in [4.69, 9.17) is 4.74 Å². The molecule has 4 rings (SSSR count). The van der Waals surface area contributed by atoms with Gasteiger partial charge in [-0.2, -0.15) is 0 Å². The first-order chi connectivity index (χ1) is 13.8. The lowest BCUT2D eigenvalue weighted by Gasteiger charge is -2.41.